The number of carbonyl (C=O) groups is 1. The number of ether oxygens (including phenoxy) is 1. The Labute approximate surface area is 128 Å². The van der Waals surface area contributed by atoms with Gasteiger partial charge >= 0.3 is 0 Å². The van der Waals surface area contributed by atoms with Gasteiger partial charge in [-0.25, -0.2) is 0 Å². The lowest BCUT2D eigenvalue weighted by atomic mass is 10.0. The molecule has 2 aromatic rings. The summed E-state index contributed by atoms with van der Waals surface area (Å²) < 4.78 is 5.58. The van der Waals surface area contributed by atoms with Crippen molar-refractivity contribution in [3.05, 3.63) is 63.6 Å². The van der Waals surface area contributed by atoms with Crippen molar-refractivity contribution in [3.8, 4) is 5.75 Å². The fourth-order valence-electron chi connectivity index (χ4n) is 1.84. The predicted octanol–water partition coefficient (Wildman–Crippen LogP) is 5.01. The minimum Gasteiger partial charge on any atom is -0.491 e. The van der Waals surface area contributed by atoms with E-state index in [4.69, 9.17) is 27.9 Å². The zero-order chi connectivity index (χ0) is 14.7. The molecular weight excluding hydrogens is 295 g/mol. The summed E-state index contributed by atoms with van der Waals surface area (Å²) in [4.78, 5) is 12.5. The second-order valence-corrected chi connectivity index (χ2v) is 5.43. The minimum absolute atomic E-state index is 0.0456. The Morgan fingerprint density at radius 2 is 1.65 bits per heavy atom. The summed E-state index contributed by atoms with van der Waals surface area (Å²) in [6, 6.07) is 12.0. The third kappa shape index (κ3) is 3.33. The zero-order valence-electron chi connectivity index (χ0n) is 11.2. The van der Waals surface area contributed by atoms with E-state index in [0.29, 0.717) is 26.9 Å². The van der Waals surface area contributed by atoms with Crippen LogP contribution in [-0.2, 0) is 0 Å². The number of hydrogen-bond donors (Lipinski definition) is 0. The van der Waals surface area contributed by atoms with E-state index >= 15 is 0 Å². The molecule has 4 heteroatoms. The molecule has 0 atom stereocenters. The Balaban J connectivity index is 2.39. The summed E-state index contributed by atoms with van der Waals surface area (Å²) in [6.07, 6.45) is 0.0456. The fourth-order valence-corrected chi connectivity index (χ4v) is 2.41. The highest BCUT2D eigenvalue weighted by molar-refractivity contribution is 6.41. The van der Waals surface area contributed by atoms with Crippen LogP contribution in [0.5, 0.6) is 5.75 Å². The monoisotopic (exact) mass is 308 g/mol. The van der Waals surface area contributed by atoms with Gasteiger partial charge in [0.1, 0.15) is 5.75 Å². The third-order valence-corrected chi connectivity index (χ3v) is 3.29. The molecule has 0 aliphatic rings. The molecule has 0 spiro atoms. The van der Waals surface area contributed by atoms with Crippen LogP contribution < -0.4 is 4.74 Å². The zero-order valence-corrected chi connectivity index (χ0v) is 12.7. The van der Waals surface area contributed by atoms with Crippen LogP contribution in [0.2, 0.25) is 10.0 Å². The lowest BCUT2D eigenvalue weighted by Crippen LogP contribution is -2.07. The van der Waals surface area contributed by atoms with Gasteiger partial charge in [-0.3, -0.25) is 4.79 Å². The predicted molar refractivity (Wildman–Crippen MR) is 82.1 cm³/mol. The molecule has 0 aliphatic heterocycles. The van der Waals surface area contributed by atoms with Crippen LogP contribution in [0.25, 0.3) is 0 Å². The van der Waals surface area contributed by atoms with Crippen molar-refractivity contribution < 1.29 is 9.53 Å². The molecule has 0 amide bonds. The standard InChI is InChI=1S/C16H14Cl2O2/c1-10(2)20-12-6-3-5-11(9-12)16(19)15-13(17)7-4-8-14(15)18/h3-10H,1-2H3. The first-order chi connectivity index (χ1) is 9.49. The largest absolute Gasteiger partial charge is 0.491 e. The molecule has 2 rings (SSSR count). The van der Waals surface area contributed by atoms with Crippen molar-refractivity contribution in [1.82, 2.24) is 0 Å². The Kier molecular flexibility index (Phi) is 4.69. The molecule has 0 bridgehead atoms. The second kappa shape index (κ2) is 6.29. The summed E-state index contributed by atoms with van der Waals surface area (Å²) in [7, 11) is 0. The molecule has 2 nitrogen and oxygen atoms in total. The van der Waals surface area contributed by atoms with Gasteiger partial charge in [0.15, 0.2) is 5.78 Å². The van der Waals surface area contributed by atoms with Gasteiger partial charge in [0.2, 0.25) is 0 Å². The van der Waals surface area contributed by atoms with E-state index < -0.39 is 0 Å². The maximum absolute atomic E-state index is 12.5. The van der Waals surface area contributed by atoms with Crippen molar-refractivity contribution in [2.24, 2.45) is 0 Å². The van der Waals surface area contributed by atoms with Crippen molar-refractivity contribution in [2.75, 3.05) is 0 Å². The summed E-state index contributed by atoms with van der Waals surface area (Å²) in [6.45, 7) is 3.86. The Morgan fingerprint density at radius 1 is 1.05 bits per heavy atom. The van der Waals surface area contributed by atoms with E-state index in [1.165, 1.54) is 0 Å². The van der Waals surface area contributed by atoms with Gasteiger partial charge < -0.3 is 4.74 Å². The molecule has 2 aromatic carbocycles. The van der Waals surface area contributed by atoms with Gasteiger partial charge in [-0.2, -0.15) is 0 Å². The number of benzene rings is 2. The highest BCUT2D eigenvalue weighted by atomic mass is 35.5. The molecule has 0 fully saturated rings. The molecule has 20 heavy (non-hydrogen) atoms. The van der Waals surface area contributed by atoms with E-state index in [0.717, 1.165) is 0 Å². The number of rotatable bonds is 4. The van der Waals surface area contributed by atoms with Gasteiger partial charge in [0.05, 0.1) is 21.7 Å². The van der Waals surface area contributed by atoms with Crippen molar-refractivity contribution in [1.29, 1.82) is 0 Å². The van der Waals surface area contributed by atoms with E-state index in [1.807, 2.05) is 19.9 Å². The maximum atomic E-state index is 12.5. The Bertz CT molecular complexity index is 616. The summed E-state index contributed by atoms with van der Waals surface area (Å²) in [5.74, 6) is 0.434. The van der Waals surface area contributed by atoms with Gasteiger partial charge in [0, 0.05) is 5.56 Å². The van der Waals surface area contributed by atoms with E-state index in [2.05, 4.69) is 0 Å². The molecule has 0 N–H and O–H groups in total. The van der Waals surface area contributed by atoms with Crippen LogP contribution >= 0.6 is 23.2 Å². The van der Waals surface area contributed by atoms with Gasteiger partial charge in [0.25, 0.3) is 0 Å². The molecule has 104 valence electrons. The number of halogens is 2. The van der Waals surface area contributed by atoms with Gasteiger partial charge in [-0.05, 0) is 38.1 Å². The number of carbonyl (C=O) groups excluding carboxylic acids is 1. The lowest BCUT2D eigenvalue weighted by molar-refractivity contribution is 0.103. The molecule has 0 aromatic heterocycles. The number of hydrogen-bond acceptors (Lipinski definition) is 2. The van der Waals surface area contributed by atoms with Crippen LogP contribution in [0.4, 0.5) is 0 Å². The van der Waals surface area contributed by atoms with Crippen LogP contribution in [0.15, 0.2) is 42.5 Å². The second-order valence-electron chi connectivity index (χ2n) is 4.62. The van der Waals surface area contributed by atoms with Crippen molar-refractivity contribution in [2.45, 2.75) is 20.0 Å². The highest BCUT2D eigenvalue weighted by Gasteiger charge is 2.17. The Morgan fingerprint density at radius 3 is 2.25 bits per heavy atom. The molecule has 0 radical (unpaired) electrons. The normalized spacial score (nSPS) is 10.7. The SMILES string of the molecule is CC(C)Oc1cccc(C(=O)c2c(Cl)cccc2Cl)c1. The highest BCUT2D eigenvalue weighted by Crippen LogP contribution is 2.28. The maximum Gasteiger partial charge on any atom is 0.196 e. The lowest BCUT2D eigenvalue weighted by Gasteiger charge is -2.11. The molecule has 0 aliphatic carbocycles. The van der Waals surface area contributed by atoms with Crippen molar-refractivity contribution in [3.63, 3.8) is 0 Å². The fraction of sp³-hybridized carbons (Fsp3) is 0.188. The first-order valence-electron chi connectivity index (χ1n) is 6.24. The van der Waals surface area contributed by atoms with E-state index in [1.54, 1.807) is 36.4 Å². The summed E-state index contributed by atoms with van der Waals surface area (Å²) >= 11 is 12.1. The third-order valence-electron chi connectivity index (χ3n) is 2.66. The minimum atomic E-state index is -0.213. The molecule has 0 heterocycles. The van der Waals surface area contributed by atoms with E-state index in [-0.39, 0.29) is 11.9 Å². The smallest absolute Gasteiger partial charge is 0.196 e. The quantitative estimate of drug-likeness (QED) is 0.742. The van der Waals surface area contributed by atoms with Crippen LogP contribution in [0.3, 0.4) is 0 Å². The van der Waals surface area contributed by atoms with Crippen molar-refractivity contribution >= 4 is 29.0 Å². The average Bonchev–Trinajstić information content (AvgIpc) is 2.38. The molecular formula is C16H14Cl2O2. The van der Waals surface area contributed by atoms with Gasteiger partial charge in [-0.1, -0.05) is 41.4 Å². The van der Waals surface area contributed by atoms with Crippen LogP contribution in [0, 0.1) is 0 Å². The molecule has 0 unspecified atom stereocenters. The first-order valence-corrected chi connectivity index (χ1v) is 7.00. The van der Waals surface area contributed by atoms with Crippen LogP contribution in [0.1, 0.15) is 29.8 Å². The molecule has 0 saturated carbocycles. The number of ketones is 1. The Hall–Kier alpha value is -1.51. The van der Waals surface area contributed by atoms with Crippen LogP contribution in [-0.4, -0.2) is 11.9 Å². The molecule has 0 saturated heterocycles. The van der Waals surface area contributed by atoms with Gasteiger partial charge in [-0.15, -0.1) is 0 Å². The first kappa shape index (κ1) is 14.9. The summed E-state index contributed by atoms with van der Waals surface area (Å²) in [5.41, 5.74) is 0.815. The average molecular weight is 309 g/mol. The topological polar surface area (TPSA) is 26.3 Å². The van der Waals surface area contributed by atoms with E-state index in [9.17, 15) is 4.79 Å². The summed E-state index contributed by atoms with van der Waals surface area (Å²) in [5, 5.41) is 0.690.